The number of hydrogen-bond donors (Lipinski definition) is 1. The summed E-state index contributed by atoms with van der Waals surface area (Å²) in [5.41, 5.74) is 1.41. The lowest BCUT2D eigenvalue weighted by Gasteiger charge is -2.11. The predicted octanol–water partition coefficient (Wildman–Crippen LogP) is 3.46. The summed E-state index contributed by atoms with van der Waals surface area (Å²) < 4.78 is 0. The molecule has 0 saturated carbocycles. The maximum Gasteiger partial charge on any atom is 0.253 e. The van der Waals surface area contributed by atoms with Crippen molar-refractivity contribution in [3.8, 4) is 0 Å². The molecule has 0 unspecified atom stereocenters. The van der Waals surface area contributed by atoms with Crippen molar-refractivity contribution in [2.24, 2.45) is 0 Å². The molecule has 1 amide bonds. The highest BCUT2D eigenvalue weighted by atomic mass is 16.1. The number of nitrogens with one attached hydrogen (secondary N) is 1. The number of para-hydroxylation sites is 1. The number of carbonyl (C=O) groups is 1. The molecule has 4 nitrogen and oxygen atoms in total. The number of rotatable bonds is 6. The number of nitrogens with zero attached hydrogens (tertiary/aromatic N) is 2. The zero-order valence-corrected chi connectivity index (χ0v) is 14.2. The molecule has 1 N–H and O–H groups in total. The molecular weight excluding hydrogens is 298 g/mol. The summed E-state index contributed by atoms with van der Waals surface area (Å²) in [6.45, 7) is 1.73. The van der Waals surface area contributed by atoms with E-state index in [1.54, 1.807) is 0 Å². The van der Waals surface area contributed by atoms with E-state index >= 15 is 0 Å². The van der Waals surface area contributed by atoms with Crippen LogP contribution in [-0.2, 0) is 0 Å². The molecule has 0 atom stereocenters. The first-order valence-electron chi connectivity index (χ1n) is 8.36. The van der Waals surface area contributed by atoms with Crippen LogP contribution in [0.4, 0.5) is 0 Å². The summed E-state index contributed by atoms with van der Waals surface area (Å²) in [5.74, 6) is -0.0479. The molecule has 0 saturated heterocycles. The van der Waals surface area contributed by atoms with Gasteiger partial charge in [0.25, 0.3) is 5.91 Å². The van der Waals surface area contributed by atoms with Crippen molar-refractivity contribution in [3.05, 3.63) is 54.2 Å². The molecule has 0 aliphatic heterocycles. The summed E-state index contributed by atoms with van der Waals surface area (Å²) in [6, 6.07) is 13.9. The highest BCUT2D eigenvalue weighted by molar-refractivity contribution is 6.13. The van der Waals surface area contributed by atoms with Gasteiger partial charge in [-0.2, -0.15) is 0 Å². The van der Waals surface area contributed by atoms with Crippen LogP contribution < -0.4 is 5.32 Å². The van der Waals surface area contributed by atoms with Crippen molar-refractivity contribution >= 4 is 27.6 Å². The van der Waals surface area contributed by atoms with Crippen LogP contribution in [0.3, 0.4) is 0 Å². The van der Waals surface area contributed by atoms with E-state index in [-0.39, 0.29) is 5.91 Å². The molecule has 0 aliphatic rings. The molecule has 2 aromatic carbocycles. The predicted molar refractivity (Wildman–Crippen MR) is 99.4 cm³/mol. The summed E-state index contributed by atoms with van der Waals surface area (Å²) in [7, 11) is 4.12. The van der Waals surface area contributed by atoms with Gasteiger partial charge in [-0.25, -0.2) is 0 Å². The SMILES string of the molecule is CN(C)CCCCNC(=O)c1cccc2c1ncc1ccccc12. The fourth-order valence-electron chi connectivity index (χ4n) is 2.92. The Morgan fingerprint density at radius 2 is 1.83 bits per heavy atom. The lowest BCUT2D eigenvalue weighted by Crippen LogP contribution is -2.25. The smallest absolute Gasteiger partial charge is 0.253 e. The van der Waals surface area contributed by atoms with Crippen molar-refractivity contribution in [2.75, 3.05) is 27.2 Å². The minimum atomic E-state index is -0.0479. The van der Waals surface area contributed by atoms with Crippen molar-refractivity contribution in [1.29, 1.82) is 0 Å². The minimum Gasteiger partial charge on any atom is -0.352 e. The van der Waals surface area contributed by atoms with Crippen molar-refractivity contribution in [1.82, 2.24) is 15.2 Å². The van der Waals surface area contributed by atoms with Crippen LogP contribution in [0.25, 0.3) is 21.7 Å². The zero-order chi connectivity index (χ0) is 16.9. The molecule has 4 heteroatoms. The molecule has 0 spiro atoms. The fourth-order valence-corrected chi connectivity index (χ4v) is 2.92. The molecular formula is C20H23N3O. The lowest BCUT2D eigenvalue weighted by atomic mass is 10.0. The largest absolute Gasteiger partial charge is 0.352 e. The molecule has 124 valence electrons. The number of unbranched alkanes of at least 4 members (excludes halogenated alkanes) is 1. The molecule has 3 rings (SSSR count). The maximum absolute atomic E-state index is 12.5. The van der Waals surface area contributed by atoms with Gasteiger partial charge in [0, 0.05) is 23.5 Å². The van der Waals surface area contributed by atoms with E-state index < -0.39 is 0 Å². The van der Waals surface area contributed by atoms with Crippen molar-refractivity contribution < 1.29 is 4.79 Å². The molecule has 0 bridgehead atoms. The summed E-state index contributed by atoms with van der Waals surface area (Å²) >= 11 is 0. The normalized spacial score (nSPS) is 11.3. The zero-order valence-electron chi connectivity index (χ0n) is 14.2. The van der Waals surface area contributed by atoms with Crippen LogP contribution in [0.1, 0.15) is 23.2 Å². The van der Waals surface area contributed by atoms with Gasteiger partial charge in [-0.3, -0.25) is 9.78 Å². The minimum absolute atomic E-state index is 0.0479. The van der Waals surface area contributed by atoms with E-state index in [9.17, 15) is 4.79 Å². The first-order valence-corrected chi connectivity index (χ1v) is 8.36. The van der Waals surface area contributed by atoms with E-state index in [1.165, 1.54) is 0 Å². The number of benzene rings is 2. The maximum atomic E-state index is 12.5. The van der Waals surface area contributed by atoms with Gasteiger partial charge in [-0.15, -0.1) is 0 Å². The molecule has 3 aromatic rings. The lowest BCUT2D eigenvalue weighted by molar-refractivity contribution is 0.0954. The van der Waals surface area contributed by atoms with Crippen LogP contribution >= 0.6 is 0 Å². The van der Waals surface area contributed by atoms with E-state index in [0.717, 1.165) is 41.1 Å². The molecule has 24 heavy (non-hydrogen) atoms. The van der Waals surface area contributed by atoms with Crippen LogP contribution in [0.15, 0.2) is 48.7 Å². The van der Waals surface area contributed by atoms with Gasteiger partial charge in [0.15, 0.2) is 0 Å². The highest BCUT2D eigenvalue weighted by Gasteiger charge is 2.12. The Labute approximate surface area is 142 Å². The van der Waals surface area contributed by atoms with Gasteiger partial charge >= 0.3 is 0 Å². The van der Waals surface area contributed by atoms with E-state index in [2.05, 4.69) is 35.4 Å². The Hall–Kier alpha value is -2.46. The molecule has 0 aliphatic carbocycles. The fraction of sp³-hybridized carbons (Fsp3) is 0.300. The second-order valence-corrected chi connectivity index (χ2v) is 6.31. The first kappa shape index (κ1) is 16.4. The van der Waals surface area contributed by atoms with E-state index in [1.807, 2.05) is 42.6 Å². The standard InChI is InChI=1S/C20H23N3O/c1-23(2)13-6-5-12-21-20(24)18-11-7-10-17-16-9-4-3-8-15(16)14-22-19(17)18/h3-4,7-11,14H,5-6,12-13H2,1-2H3,(H,21,24). The quantitative estimate of drug-likeness (QED) is 0.558. The average molecular weight is 321 g/mol. The second kappa shape index (κ2) is 7.41. The number of fused-ring (bicyclic) bond motifs is 3. The van der Waals surface area contributed by atoms with Crippen LogP contribution in [0, 0.1) is 0 Å². The Morgan fingerprint density at radius 1 is 1.04 bits per heavy atom. The molecule has 0 radical (unpaired) electrons. The number of carbonyl (C=O) groups excluding carboxylic acids is 1. The molecule has 1 heterocycles. The number of hydrogen-bond acceptors (Lipinski definition) is 3. The van der Waals surface area contributed by atoms with Gasteiger partial charge in [0.05, 0.1) is 11.1 Å². The second-order valence-electron chi connectivity index (χ2n) is 6.31. The van der Waals surface area contributed by atoms with Crippen LogP contribution in [0.5, 0.6) is 0 Å². The number of amides is 1. The Bertz CT molecular complexity index is 858. The number of aromatic nitrogens is 1. The Balaban J connectivity index is 1.79. The monoisotopic (exact) mass is 321 g/mol. The molecule has 0 fully saturated rings. The highest BCUT2D eigenvalue weighted by Crippen LogP contribution is 2.25. The van der Waals surface area contributed by atoms with Gasteiger partial charge in [0.1, 0.15) is 0 Å². The summed E-state index contributed by atoms with van der Waals surface area (Å²) in [4.78, 5) is 19.2. The van der Waals surface area contributed by atoms with Gasteiger partial charge in [0.2, 0.25) is 0 Å². The van der Waals surface area contributed by atoms with E-state index in [4.69, 9.17) is 0 Å². The first-order chi connectivity index (χ1) is 11.7. The number of pyridine rings is 1. The Kier molecular flexibility index (Phi) is 5.06. The van der Waals surface area contributed by atoms with Crippen molar-refractivity contribution in [2.45, 2.75) is 12.8 Å². The van der Waals surface area contributed by atoms with Crippen molar-refractivity contribution in [3.63, 3.8) is 0 Å². The van der Waals surface area contributed by atoms with Gasteiger partial charge < -0.3 is 10.2 Å². The van der Waals surface area contributed by atoms with E-state index in [0.29, 0.717) is 12.1 Å². The third-order valence-electron chi connectivity index (χ3n) is 4.18. The Morgan fingerprint density at radius 3 is 2.67 bits per heavy atom. The summed E-state index contributed by atoms with van der Waals surface area (Å²) in [6.07, 6.45) is 3.89. The third kappa shape index (κ3) is 3.54. The topological polar surface area (TPSA) is 45.2 Å². The van der Waals surface area contributed by atoms with Crippen LogP contribution in [0.2, 0.25) is 0 Å². The summed E-state index contributed by atoms with van der Waals surface area (Å²) in [5, 5.41) is 6.25. The van der Waals surface area contributed by atoms with Gasteiger partial charge in [-0.05, 0) is 44.9 Å². The van der Waals surface area contributed by atoms with Crippen LogP contribution in [-0.4, -0.2) is 43.0 Å². The average Bonchev–Trinajstić information content (AvgIpc) is 2.60. The third-order valence-corrected chi connectivity index (χ3v) is 4.18. The van der Waals surface area contributed by atoms with Gasteiger partial charge in [-0.1, -0.05) is 36.4 Å². The molecule has 1 aromatic heterocycles.